The van der Waals surface area contributed by atoms with Gasteiger partial charge in [-0.3, -0.25) is 0 Å². The van der Waals surface area contributed by atoms with Crippen LogP contribution in [0.2, 0.25) is 0 Å². The van der Waals surface area contributed by atoms with Crippen molar-refractivity contribution in [2.75, 3.05) is 20.6 Å². The van der Waals surface area contributed by atoms with Gasteiger partial charge in [0, 0.05) is 9.79 Å². The van der Waals surface area contributed by atoms with Gasteiger partial charge in [-0.1, -0.05) is 42.1 Å². The minimum atomic E-state index is -0.360. The standard InChI is InChI=1S/C18H23NOS/c1-19(2)14-6-9-18(20)15-10-12-17(13-11-15)21-16-7-4-3-5-8-16/h3-5,7-8,10-13,18,20H,6,9,14H2,1-2H3. The molecule has 0 bridgehead atoms. The van der Waals surface area contributed by atoms with Crippen molar-refractivity contribution in [2.45, 2.75) is 28.7 Å². The summed E-state index contributed by atoms with van der Waals surface area (Å²) in [4.78, 5) is 4.58. The Kier molecular flexibility index (Phi) is 6.30. The number of nitrogens with zero attached hydrogens (tertiary/aromatic N) is 1. The van der Waals surface area contributed by atoms with E-state index in [1.165, 1.54) is 9.79 Å². The maximum Gasteiger partial charge on any atom is 0.0790 e. The first-order valence-electron chi connectivity index (χ1n) is 7.31. The summed E-state index contributed by atoms with van der Waals surface area (Å²) in [5, 5.41) is 10.2. The summed E-state index contributed by atoms with van der Waals surface area (Å²) in [6, 6.07) is 18.6. The van der Waals surface area contributed by atoms with Gasteiger partial charge < -0.3 is 10.0 Å². The molecule has 0 aliphatic rings. The highest BCUT2D eigenvalue weighted by molar-refractivity contribution is 7.99. The Morgan fingerprint density at radius 1 is 0.952 bits per heavy atom. The van der Waals surface area contributed by atoms with E-state index in [-0.39, 0.29) is 6.10 Å². The van der Waals surface area contributed by atoms with Gasteiger partial charge in [-0.15, -0.1) is 0 Å². The lowest BCUT2D eigenvalue weighted by atomic mass is 10.1. The SMILES string of the molecule is CN(C)CCCC(O)c1ccc(Sc2ccccc2)cc1. The molecular weight excluding hydrogens is 278 g/mol. The van der Waals surface area contributed by atoms with Gasteiger partial charge in [0.05, 0.1) is 6.10 Å². The Bertz CT molecular complexity index is 525. The van der Waals surface area contributed by atoms with Gasteiger partial charge in [-0.25, -0.2) is 0 Å². The second-order valence-corrected chi connectivity index (χ2v) is 6.59. The van der Waals surface area contributed by atoms with E-state index in [4.69, 9.17) is 0 Å². The van der Waals surface area contributed by atoms with Crippen LogP contribution in [0.1, 0.15) is 24.5 Å². The van der Waals surface area contributed by atoms with Crippen LogP contribution in [0.15, 0.2) is 64.4 Å². The molecule has 0 aromatic heterocycles. The normalized spacial score (nSPS) is 12.6. The Balaban J connectivity index is 1.89. The van der Waals surface area contributed by atoms with Gasteiger partial charge in [-0.05, 0) is 63.3 Å². The number of aliphatic hydroxyl groups is 1. The number of rotatable bonds is 7. The fourth-order valence-electron chi connectivity index (χ4n) is 2.15. The molecule has 3 heteroatoms. The molecule has 2 nitrogen and oxygen atoms in total. The second kappa shape index (κ2) is 8.23. The molecule has 21 heavy (non-hydrogen) atoms. The molecule has 1 unspecified atom stereocenters. The van der Waals surface area contributed by atoms with Gasteiger partial charge in [-0.2, -0.15) is 0 Å². The lowest BCUT2D eigenvalue weighted by molar-refractivity contribution is 0.160. The van der Waals surface area contributed by atoms with Crippen molar-refractivity contribution >= 4 is 11.8 Å². The first kappa shape index (κ1) is 16.1. The van der Waals surface area contributed by atoms with Gasteiger partial charge in [0.2, 0.25) is 0 Å². The number of hydrogen-bond acceptors (Lipinski definition) is 3. The topological polar surface area (TPSA) is 23.5 Å². The summed E-state index contributed by atoms with van der Waals surface area (Å²) < 4.78 is 0. The van der Waals surface area contributed by atoms with Crippen LogP contribution < -0.4 is 0 Å². The zero-order valence-corrected chi connectivity index (χ0v) is 13.5. The zero-order valence-electron chi connectivity index (χ0n) is 12.7. The Hall–Kier alpha value is -1.29. The lowest BCUT2D eigenvalue weighted by Gasteiger charge is -2.14. The molecule has 0 heterocycles. The maximum absolute atomic E-state index is 10.2. The van der Waals surface area contributed by atoms with Gasteiger partial charge >= 0.3 is 0 Å². The zero-order chi connectivity index (χ0) is 15.1. The van der Waals surface area contributed by atoms with E-state index in [1.54, 1.807) is 11.8 Å². The predicted molar refractivity (Wildman–Crippen MR) is 89.8 cm³/mol. The molecule has 0 spiro atoms. The molecule has 0 radical (unpaired) electrons. The van der Waals surface area contributed by atoms with E-state index in [1.807, 2.05) is 30.3 Å². The highest BCUT2D eigenvalue weighted by Crippen LogP contribution is 2.29. The van der Waals surface area contributed by atoms with Crippen LogP contribution in [0, 0.1) is 0 Å². The smallest absolute Gasteiger partial charge is 0.0790 e. The van der Waals surface area contributed by atoms with Crippen molar-refractivity contribution in [2.24, 2.45) is 0 Å². The summed E-state index contributed by atoms with van der Waals surface area (Å²) in [5.41, 5.74) is 1.01. The molecular formula is C18H23NOS. The molecule has 0 saturated carbocycles. The molecule has 0 saturated heterocycles. The van der Waals surface area contributed by atoms with Crippen molar-refractivity contribution < 1.29 is 5.11 Å². The fraction of sp³-hybridized carbons (Fsp3) is 0.333. The Labute approximate surface area is 131 Å². The second-order valence-electron chi connectivity index (χ2n) is 5.45. The van der Waals surface area contributed by atoms with E-state index in [0.29, 0.717) is 0 Å². The van der Waals surface area contributed by atoms with E-state index in [2.05, 4.69) is 43.3 Å². The van der Waals surface area contributed by atoms with Crippen molar-refractivity contribution in [3.05, 3.63) is 60.2 Å². The summed E-state index contributed by atoms with van der Waals surface area (Å²) >= 11 is 1.74. The van der Waals surface area contributed by atoms with Gasteiger partial charge in [0.15, 0.2) is 0 Å². The van der Waals surface area contributed by atoms with Crippen molar-refractivity contribution in [1.29, 1.82) is 0 Å². The van der Waals surface area contributed by atoms with Crippen molar-refractivity contribution in [3.63, 3.8) is 0 Å². The molecule has 2 aromatic carbocycles. The van der Waals surface area contributed by atoms with Crippen LogP contribution in [-0.2, 0) is 0 Å². The highest BCUT2D eigenvalue weighted by atomic mass is 32.2. The summed E-state index contributed by atoms with van der Waals surface area (Å²) in [7, 11) is 4.12. The molecule has 0 aliphatic heterocycles. The van der Waals surface area contributed by atoms with E-state index in [0.717, 1.165) is 24.9 Å². The van der Waals surface area contributed by atoms with E-state index >= 15 is 0 Å². The third-order valence-corrected chi connectivity index (χ3v) is 4.34. The van der Waals surface area contributed by atoms with Crippen LogP contribution in [0.5, 0.6) is 0 Å². The number of benzene rings is 2. The number of hydrogen-bond donors (Lipinski definition) is 1. The van der Waals surface area contributed by atoms with Crippen LogP contribution in [0.3, 0.4) is 0 Å². The molecule has 2 aromatic rings. The lowest BCUT2D eigenvalue weighted by Crippen LogP contribution is -2.13. The van der Waals surface area contributed by atoms with Crippen molar-refractivity contribution in [3.8, 4) is 0 Å². The highest BCUT2D eigenvalue weighted by Gasteiger charge is 2.07. The molecule has 0 amide bonds. The average Bonchev–Trinajstić information content (AvgIpc) is 2.48. The molecule has 0 aliphatic carbocycles. The fourth-order valence-corrected chi connectivity index (χ4v) is 2.99. The van der Waals surface area contributed by atoms with Gasteiger partial charge in [0.1, 0.15) is 0 Å². The third-order valence-electron chi connectivity index (χ3n) is 3.33. The Morgan fingerprint density at radius 2 is 1.57 bits per heavy atom. The summed E-state index contributed by atoms with van der Waals surface area (Å²) in [6.07, 6.45) is 1.46. The van der Waals surface area contributed by atoms with Gasteiger partial charge in [0.25, 0.3) is 0 Å². The van der Waals surface area contributed by atoms with Crippen LogP contribution in [0.25, 0.3) is 0 Å². The van der Waals surface area contributed by atoms with E-state index in [9.17, 15) is 5.11 Å². The minimum absolute atomic E-state index is 0.360. The van der Waals surface area contributed by atoms with Crippen molar-refractivity contribution in [1.82, 2.24) is 4.90 Å². The molecule has 1 atom stereocenters. The largest absolute Gasteiger partial charge is 0.388 e. The summed E-state index contributed by atoms with van der Waals surface area (Å²) in [5.74, 6) is 0. The Morgan fingerprint density at radius 3 is 2.19 bits per heavy atom. The van der Waals surface area contributed by atoms with Crippen LogP contribution in [0.4, 0.5) is 0 Å². The maximum atomic E-state index is 10.2. The first-order valence-corrected chi connectivity index (χ1v) is 8.12. The molecule has 1 N–H and O–H groups in total. The monoisotopic (exact) mass is 301 g/mol. The molecule has 2 rings (SSSR count). The van der Waals surface area contributed by atoms with Crippen LogP contribution in [-0.4, -0.2) is 30.6 Å². The third kappa shape index (κ3) is 5.54. The summed E-state index contributed by atoms with van der Waals surface area (Å²) in [6.45, 7) is 1.01. The molecule has 0 fully saturated rings. The minimum Gasteiger partial charge on any atom is -0.388 e. The average molecular weight is 301 g/mol. The predicted octanol–water partition coefficient (Wildman–Crippen LogP) is 4.21. The van der Waals surface area contributed by atoms with E-state index < -0.39 is 0 Å². The number of aliphatic hydroxyl groups excluding tert-OH is 1. The van der Waals surface area contributed by atoms with Crippen LogP contribution >= 0.6 is 11.8 Å². The first-order chi connectivity index (χ1) is 10.1. The molecule has 112 valence electrons. The quantitative estimate of drug-likeness (QED) is 0.828.